The Hall–Kier alpha value is -0.720. The predicted octanol–water partition coefficient (Wildman–Crippen LogP) is 2.66. The molecule has 0 saturated heterocycles. The zero-order valence-corrected chi connectivity index (χ0v) is 13.7. The van der Waals surface area contributed by atoms with Crippen molar-refractivity contribution in [1.82, 2.24) is 4.31 Å². The van der Waals surface area contributed by atoms with Crippen LogP contribution in [0.3, 0.4) is 0 Å². The molecule has 0 aliphatic heterocycles. The summed E-state index contributed by atoms with van der Waals surface area (Å²) in [5, 5.41) is 0.375. The van der Waals surface area contributed by atoms with Crippen LogP contribution in [0.15, 0.2) is 28.0 Å². The van der Waals surface area contributed by atoms with E-state index in [2.05, 4.69) is 20.8 Å². The number of rotatable bonds is 5. The third-order valence-electron chi connectivity index (χ3n) is 3.02. The fourth-order valence-electron chi connectivity index (χ4n) is 1.32. The van der Waals surface area contributed by atoms with Crippen LogP contribution in [0, 0.1) is 5.92 Å². The molecule has 1 aromatic rings. The summed E-state index contributed by atoms with van der Waals surface area (Å²) in [6, 6.07) is 4.87. The van der Waals surface area contributed by atoms with E-state index in [1.165, 1.54) is 18.4 Å². The molecule has 0 radical (unpaired) electrons. The molecular formula is C13H22N2O2S2. The molecule has 1 unspecified atom stereocenters. The number of anilines is 1. The number of thioether (sulfide) groups is 1. The van der Waals surface area contributed by atoms with Gasteiger partial charge in [0.05, 0.1) is 4.90 Å². The van der Waals surface area contributed by atoms with Crippen molar-refractivity contribution >= 4 is 27.5 Å². The minimum atomic E-state index is -3.41. The fourth-order valence-corrected chi connectivity index (χ4v) is 3.40. The van der Waals surface area contributed by atoms with Crippen molar-refractivity contribution in [3.63, 3.8) is 0 Å². The molecule has 0 aliphatic rings. The fraction of sp³-hybridized carbons (Fsp3) is 0.538. The molecule has 6 heteroatoms. The van der Waals surface area contributed by atoms with E-state index >= 15 is 0 Å². The summed E-state index contributed by atoms with van der Waals surface area (Å²) in [6.45, 7) is 6.38. The average Bonchev–Trinajstić information content (AvgIpc) is 2.31. The monoisotopic (exact) mass is 302 g/mol. The molecule has 0 bridgehead atoms. The second-order valence-corrected chi connectivity index (χ2v) is 8.62. The molecule has 19 heavy (non-hydrogen) atoms. The summed E-state index contributed by atoms with van der Waals surface area (Å²) in [7, 11) is -0.362. The lowest BCUT2D eigenvalue weighted by atomic mass is 10.2. The van der Waals surface area contributed by atoms with Gasteiger partial charge in [0.25, 0.3) is 0 Å². The number of hydrogen-bond acceptors (Lipinski definition) is 4. The Bertz CT molecular complexity index is 540. The highest BCUT2D eigenvalue weighted by molar-refractivity contribution is 8.00. The third kappa shape index (κ3) is 3.87. The van der Waals surface area contributed by atoms with Crippen LogP contribution in [-0.4, -0.2) is 32.1 Å². The molecular weight excluding hydrogens is 280 g/mol. The van der Waals surface area contributed by atoms with E-state index < -0.39 is 10.0 Å². The first-order valence-electron chi connectivity index (χ1n) is 6.15. The second-order valence-electron chi connectivity index (χ2n) is 5.05. The van der Waals surface area contributed by atoms with Gasteiger partial charge in [-0.2, -0.15) is 0 Å². The summed E-state index contributed by atoms with van der Waals surface area (Å²) in [6.07, 6.45) is 0. The van der Waals surface area contributed by atoms with Crippen LogP contribution in [-0.2, 0) is 10.0 Å². The van der Waals surface area contributed by atoms with Crippen molar-refractivity contribution in [2.45, 2.75) is 35.8 Å². The number of sulfonamides is 1. The summed E-state index contributed by atoms with van der Waals surface area (Å²) in [5.74, 6) is 0.499. The van der Waals surface area contributed by atoms with Crippen molar-refractivity contribution in [3.05, 3.63) is 18.2 Å². The van der Waals surface area contributed by atoms with E-state index in [9.17, 15) is 8.42 Å². The smallest absolute Gasteiger partial charge is 0.242 e. The SMILES string of the molecule is CC(C)C(C)Sc1cc(S(=O)(=O)N(C)C)ccc1N. The summed E-state index contributed by atoms with van der Waals surface area (Å²) in [4.78, 5) is 1.11. The van der Waals surface area contributed by atoms with Gasteiger partial charge < -0.3 is 5.73 Å². The lowest BCUT2D eigenvalue weighted by molar-refractivity contribution is 0.520. The zero-order chi connectivity index (χ0) is 14.8. The maximum Gasteiger partial charge on any atom is 0.242 e. The van der Waals surface area contributed by atoms with Gasteiger partial charge in [0.2, 0.25) is 10.0 Å². The summed E-state index contributed by atoms with van der Waals surface area (Å²) in [5.41, 5.74) is 6.55. The molecule has 0 aromatic heterocycles. The Kier molecular flexibility index (Phi) is 5.29. The number of nitrogen functional groups attached to an aromatic ring is 1. The van der Waals surface area contributed by atoms with Crippen molar-refractivity contribution in [1.29, 1.82) is 0 Å². The molecule has 2 N–H and O–H groups in total. The highest BCUT2D eigenvalue weighted by atomic mass is 32.2. The van der Waals surface area contributed by atoms with Crippen molar-refractivity contribution < 1.29 is 8.42 Å². The van der Waals surface area contributed by atoms with Crippen molar-refractivity contribution in [2.75, 3.05) is 19.8 Å². The molecule has 0 saturated carbocycles. The highest BCUT2D eigenvalue weighted by Gasteiger charge is 2.19. The van der Waals surface area contributed by atoms with E-state index in [-0.39, 0.29) is 4.90 Å². The van der Waals surface area contributed by atoms with E-state index in [0.717, 1.165) is 4.90 Å². The van der Waals surface area contributed by atoms with Crippen LogP contribution in [0.5, 0.6) is 0 Å². The van der Waals surface area contributed by atoms with Gasteiger partial charge in [-0.3, -0.25) is 0 Å². The van der Waals surface area contributed by atoms with Crippen molar-refractivity contribution in [2.24, 2.45) is 5.92 Å². The Morgan fingerprint density at radius 1 is 1.21 bits per heavy atom. The van der Waals surface area contributed by atoms with E-state index in [4.69, 9.17) is 5.73 Å². The number of benzene rings is 1. The van der Waals surface area contributed by atoms with Gasteiger partial charge in [0.15, 0.2) is 0 Å². The van der Waals surface area contributed by atoms with E-state index in [0.29, 0.717) is 16.9 Å². The van der Waals surface area contributed by atoms with E-state index in [1.807, 2.05) is 0 Å². The van der Waals surface area contributed by atoms with Crippen LogP contribution >= 0.6 is 11.8 Å². The van der Waals surface area contributed by atoms with Crippen LogP contribution in [0.25, 0.3) is 0 Å². The first-order chi connectivity index (χ1) is 8.66. The van der Waals surface area contributed by atoms with Crippen LogP contribution in [0.4, 0.5) is 5.69 Å². The maximum absolute atomic E-state index is 12.1. The molecule has 1 atom stereocenters. The lowest BCUT2D eigenvalue weighted by Gasteiger charge is -2.18. The first-order valence-corrected chi connectivity index (χ1v) is 8.47. The molecule has 1 rings (SSSR count). The largest absolute Gasteiger partial charge is 0.398 e. The van der Waals surface area contributed by atoms with Crippen LogP contribution in [0.2, 0.25) is 0 Å². The minimum absolute atomic E-state index is 0.283. The molecule has 0 amide bonds. The zero-order valence-electron chi connectivity index (χ0n) is 12.0. The summed E-state index contributed by atoms with van der Waals surface area (Å²) >= 11 is 1.61. The maximum atomic E-state index is 12.1. The van der Waals surface area contributed by atoms with Gasteiger partial charge in [-0.05, 0) is 24.1 Å². The molecule has 0 heterocycles. The quantitative estimate of drug-likeness (QED) is 0.671. The van der Waals surface area contributed by atoms with Gasteiger partial charge in [0, 0.05) is 29.9 Å². The van der Waals surface area contributed by atoms with Crippen molar-refractivity contribution in [3.8, 4) is 0 Å². The van der Waals surface area contributed by atoms with E-state index in [1.54, 1.807) is 30.0 Å². The standard InChI is InChI=1S/C13H22N2O2S2/c1-9(2)10(3)18-13-8-11(6-7-12(13)14)19(16,17)15(4)5/h6-10H,14H2,1-5H3. The molecule has 4 nitrogen and oxygen atoms in total. The molecule has 0 aliphatic carbocycles. The Morgan fingerprint density at radius 3 is 2.26 bits per heavy atom. The summed E-state index contributed by atoms with van der Waals surface area (Å²) < 4.78 is 25.4. The normalized spacial score (nSPS) is 14.1. The predicted molar refractivity (Wildman–Crippen MR) is 81.9 cm³/mol. The molecule has 0 fully saturated rings. The number of hydrogen-bond donors (Lipinski definition) is 1. The topological polar surface area (TPSA) is 63.4 Å². The third-order valence-corrected chi connectivity index (χ3v) is 6.35. The highest BCUT2D eigenvalue weighted by Crippen LogP contribution is 2.33. The van der Waals surface area contributed by atoms with Crippen LogP contribution in [0.1, 0.15) is 20.8 Å². The Balaban J connectivity index is 3.15. The first kappa shape index (κ1) is 16.3. The van der Waals surface area contributed by atoms with Crippen LogP contribution < -0.4 is 5.73 Å². The number of nitrogens with zero attached hydrogens (tertiary/aromatic N) is 1. The van der Waals surface area contributed by atoms with Gasteiger partial charge in [-0.25, -0.2) is 12.7 Å². The molecule has 108 valence electrons. The van der Waals surface area contributed by atoms with Gasteiger partial charge in [-0.15, -0.1) is 11.8 Å². The lowest BCUT2D eigenvalue weighted by Crippen LogP contribution is -2.22. The van der Waals surface area contributed by atoms with Gasteiger partial charge in [-0.1, -0.05) is 20.8 Å². The number of nitrogens with two attached hydrogens (primary N) is 1. The van der Waals surface area contributed by atoms with Gasteiger partial charge in [0.1, 0.15) is 0 Å². The molecule has 0 spiro atoms. The minimum Gasteiger partial charge on any atom is -0.398 e. The molecule has 1 aromatic carbocycles. The van der Waals surface area contributed by atoms with Gasteiger partial charge >= 0.3 is 0 Å². The second kappa shape index (κ2) is 6.15. The average molecular weight is 302 g/mol. The Morgan fingerprint density at radius 2 is 1.79 bits per heavy atom. The Labute approximate surface area is 120 Å².